The minimum Gasteiger partial charge on any atom is -0.394 e. The van der Waals surface area contributed by atoms with Crippen molar-refractivity contribution in [3.05, 3.63) is 0 Å². The van der Waals surface area contributed by atoms with E-state index >= 15 is 0 Å². The molecule has 15 heavy (non-hydrogen) atoms. The quantitative estimate of drug-likeness (QED) is 0.524. The van der Waals surface area contributed by atoms with Gasteiger partial charge in [0, 0.05) is 14.0 Å². The highest BCUT2D eigenvalue weighted by Crippen LogP contribution is 2.17. The Kier molecular flexibility index (Phi) is 4.46. The Hall–Kier alpha value is -0.690. The smallest absolute Gasteiger partial charge is 0.217 e. The van der Waals surface area contributed by atoms with Gasteiger partial charge in [-0.05, 0) is 0 Å². The van der Waals surface area contributed by atoms with Crippen molar-refractivity contribution in [3.63, 3.8) is 0 Å². The third kappa shape index (κ3) is 2.88. The van der Waals surface area contributed by atoms with Crippen molar-refractivity contribution in [2.75, 3.05) is 20.3 Å². The number of aliphatic hydroxyl groups is 2. The highest BCUT2D eigenvalue weighted by Gasteiger charge is 2.39. The van der Waals surface area contributed by atoms with Crippen LogP contribution in [0, 0.1) is 0 Å². The molecule has 0 spiro atoms. The summed E-state index contributed by atoms with van der Waals surface area (Å²) in [5.41, 5.74) is 0. The van der Waals surface area contributed by atoms with Gasteiger partial charge in [0.1, 0.15) is 18.3 Å². The minimum absolute atomic E-state index is 0.208. The van der Waals surface area contributed by atoms with E-state index in [1.165, 1.54) is 14.0 Å². The molecule has 0 saturated carbocycles. The molecule has 0 aromatic carbocycles. The second-order valence-electron chi connectivity index (χ2n) is 3.55. The number of aliphatic hydroxyl groups excluding tert-OH is 2. The highest BCUT2D eigenvalue weighted by molar-refractivity contribution is 5.73. The fraction of sp³-hybridized carbons (Fsp3) is 0.889. The average molecular weight is 219 g/mol. The lowest BCUT2D eigenvalue weighted by Crippen LogP contribution is -2.60. The summed E-state index contributed by atoms with van der Waals surface area (Å²) in [5, 5.41) is 21.3. The zero-order chi connectivity index (χ0) is 11.4. The molecule has 1 aliphatic rings. The van der Waals surface area contributed by atoms with E-state index in [4.69, 9.17) is 14.6 Å². The number of nitrogens with one attached hydrogen (secondary N) is 1. The van der Waals surface area contributed by atoms with Gasteiger partial charge in [0.25, 0.3) is 0 Å². The molecule has 3 N–H and O–H groups in total. The van der Waals surface area contributed by atoms with Gasteiger partial charge < -0.3 is 25.0 Å². The maximum Gasteiger partial charge on any atom is 0.217 e. The lowest BCUT2D eigenvalue weighted by molar-refractivity contribution is -0.172. The molecule has 4 atom stereocenters. The molecule has 1 rings (SSSR count). The van der Waals surface area contributed by atoms with E-state index in [2.05, 4.69) is 5.32 Å². The number of hydrogen-bond donors (Lipinski definition) is 3. The summed E-state index contributed by atoms with van der Waals surface area (Å²) >= 11 is 0. The molecule has 1 fully saturated rings. The number of carbonyl (C=O) groups is 1. The summed E-state index contributed by atoms with van der Waals surface area (Å²) in [4.78, 5) is 10.9. The largest absolute Gasteiger partial charge is 0.394 e. The fourth-order valence-corrected chi connectivity index (χ4v) is 1.72. The molecule has 0 bridgehead atoms. The van der Waals surface area contributed by atoms with E-state index < -0.39 is 18.3 Å². The zero-order valence-electron chi connectivity index (χ0n) is 8.84. The molecule has 0 aliphatic carbocycles. The van der Waals surface area contributed by atoms with Gasteiger partial charge >= 0.3 is 0 Å². The van der Waals surface area contributed by atoms with Gasteiger partial charge in [0.15, 0.2) is 0 Å². The monoisotopic (exact) mass is 219 g/mol. The molecule has 1 heterocycles. The van der Waals surface area contributed by atoms with Crippen molar-refractivity contribution in [2.45, 2.75) is 31.3 Å². The SMILES string of the molecule is COC1C(O)C(CO)OC[C@H]1NC(C)=O. The molecule has 6 heteroatoms. The predicted molar refractivity (Wildman–Crippen MR) is 51.2 cm³/mol. The highest BCUT2D eigenvalue weighted by atomic mass is 16.5. The summed E-state index contributed by atoms with van der Waals surface area (Å²) in [7, 11) is 1.45. The van der Waals surface area contributed by atoms with E-state index in [9.17, 15) is 9.90 Å². The normalized spacial score (nSPS) is 36.3. The van der Waals surface area contributed by atoms with Crippen LogP contribution in [0.1, 0.15) is 6.92 Å². The van der Waals surface area contributed by atoms with Gasteiger partial charge in [-0.3, -0.25) is 4.79 Å². The molecule has 88 valence electrons. The molecule has 0 radical (unpaired) electrons. The zero-order valence-corrected chi connectivity index (χ0v) is 8.84. The van der Waals surface area contributed by atoms with Crippen LogP contribution in [0.3, 0.4) is 0 Å². The number of hydrogen-bond acceptors (Lipinski definition) is 5. The second-order valence-corrected chi connectivity index (χ2v) is 3.55. The van der Waals surface area contributed by atoms with Crippen molar-refractivity contribution in [1.29, 1.82) is 0 Å². The van der Waals surface area contributed by atoms with Crippen molar-refractivity contribution < 1.29 is 24.5 Å². The molecule has 0 aromatic rings. The first-order valence-electron chi connectivity index (χ1n) is 4.80. The topological polar surface area (TPSA) is 88.0 Å². The Bertz CT molecular complexity index is 223. The van der Waals surface area contributed by atoms with E-state index in [1.54, 1.807) is 0 Å². The first-order chi connectivity index (χ1) is 7.10. The number of amides is 1. The molecule has 6 nitrogen and oxygen atoms in total. The molecule has 1 aliphatic heterocycles. The predicted octanol–water partition coefficient (Wildman–Crippen LogP) is -1.74. The van der Waals surface area contributed by atoms with Crippen LogP contribution in [-0.4, -0.2) is 60.8 Å². The number of ether oxygens (including phenoxy) is 2. The Morgan fingerprint density at radius 3 is 2.80 bits per heavy atom. The Balaban J connectivity index is 2.63. The van der Waals surface area contributed by atoms with Crippen LogP contribution in [-0.2, 0) is 14.3 Å². The van der Waals surface area contributed by atoms with Crippen LogP contribution in [0.15, 0.2) is 0 Å². The van der Waals surface area contributed by atoms with E-state index in [1.807, 2.05) is 0 Å². The van der Waals surface area contributed by atoms with Crippen molar-refractivity contribution in [1.82, 2.24) is 5.32 Å². The van der Waals surface area contributed by atoms with Crippen LogP contribution in [0.4, 0.5) is 0 Å². The molecular weight excluding hydrogens is 202 g/mol. The van der Waals surface area contributed by atoms with Crippen molar-refractivity contribution in [2.24, 2.45) is 0 Å². The van der Waals surface area contributed by atoms with Gasteiger partial charge in [0.2, 0.25) is 5.91 Å². The van der Waals surface area contributed by atoms with Crippen molar-refractivity contribution in [3.8, 4) is 0 Å². The van der Waals surface area contributed by atoms with Gasteiger partial charge in [-0.15, -0.1) is 0 Å². The summed E-state index contributed by atoms with van der Waals surface area (Å²) in [6.07, 6.45) is -2.15. The van der Waals surface area contributed by atoms with Gasteiger partial charge in [-0.2, -0.15) is 0 Å². The lowest BCUT2D eigenvalue weighted by Gasteiger charge is -2.38. The summed E-state index contributed by atoms with van der Waals surface area (Å²) in [6, 6.07) is -0.384. The molecule has 3 unspecified atom stereocenters. The molecule has 0 aromatic heterocycles. The molecule has 1 saturated heterocycles. The second kappa shape index (κ2) is 5.41. The molecular formula is C9H17NO5. The van der Waals surface area contributed by atoms with E-state index in [0.29, 0.717) is 0 Å². The van der Waals surface area contributed by atoms with Crippen molar-refractivity contribution >= 4 is 5.91 Å². The van der Waals surface area contributed by atoms with Gasteiger partial charge in [0.05, 0.1) is 19.3 Å². The van der Waals surface area contributed by atoms with Gasteiger partial charge in [-0.25, -0.2) is 0 Å². The summed E-state index contributed by atoms with van der Waals surface area (Å²) < 4.78 is 10.3. The maximum atomic E-state index is 10.9. The standard InChI is InChI=1S/C9H17NO5/c1-5(12)10-6-4-15-7(3-11)8(13)9(6)14-2/h6-9,11,13H,3-4H2,1-2H3,(H,10,12)/t6-,7?,8?,9?/m1/s1. The van der Waals surface area contributed by atoms with Crippen LogP contribution >= 0.6 is 0 Å². The van der Waals surface area contributed by atoms with Crippen LogP contribution < -0.4 is 5.32 Å². The third-order valence-electron chi connectivity index (χ3n) is 2.44. The first-order valence-corrected chi connectivity index (χ1v) is 4.80. The van der Waals surface area contributed by atoms with E-state index in [-0.39, 0.29) is 25.2 Å². The minimum atomic E-state index is -0.939. The third-order valence-corrected chi connectivity index (χ3v) is 2.44. The number of carbonyl (C=O) groups excluding carboxylic acids is 1. The first kappa shape index (κ1) is 12.4. The Labute approximate surface area is 88.2 Å². The van der Waals surface area contributed by atoms with Crippen LogP contribution in [0.2, 0.25) is 0 Å². The van der Waals surface area contributed by atoms with E-state index in [0.717, 1.165) is 0 Å². The Morgan fingerprint density at radius 2 is 2.33 bits per heavy atom. The average Bonchev–Trinajstić information content (AvgIpc) is 2.18. The van der Waals surface area contributed by atoms with Crippen LogP contribution in [0.25, 0.3) is 0 Å². The fourth-order valence-electron chi connectivity index (χ4n) is 1.72. The lowest BCUT2D eigenvalue weighted by atomic mass is 9.98. The molecule has 1 amide bonds. The summed E-state index contributed by atoms with van der Waals surface area (Å²) in [5.74, 6) is -0.208. The Morgan fingerprint density at radius 1 is 1.67 bits per heavy atom. The maximum absolute atomic E-state index is 10.9. The van der Waals surface area contributed by atoms with Crippen LogP contribution in [0.5, 0.6) is 0 Å². The number of methoxy groups -OCH3 is 1. The number of rotatable bonds is 3. The summed E-state index contributed by atoms with van der Waals surface area (Å²) in [6.45, 7) is 1.34. The van der Waals surface area contributed by atoms with Gasteiger partial charge in [-0.1, -0.05) is 0 Å².